The zero-order valence-corrected chi connectivity index (χ0v) is 14.2. The van der Waals surface area contributed by atoms with Gasteiger partial charge in [-0.05, 0) is 48.5 Å². The maximum atomic E-state index is 13.0. The number of carbonyl (C=O) groups excluding carboxylic acids is 1. The molecule has 0 saturated carbocycles. The fourth-order valence-electron chi connectivity index (χ4n) is 2.43. The fraction of sp³-hybridized carbons (Fsp3) is 0.0952. The molecule has 132 valence electrons. The number of carbonyl (C=O) groups is 1. The highest BCUT2D eigenvalue weighted by molar-refractivity contribution is 5.95. The second-order valence-corrected chi connectivity index (χ2v) is 5.58. The van der Waals surface area contributed by atoms with Crippen molar-refractivity contribution in [1.82, 2.24) is 0 Å². The summed E-state index contributed by atoms with van der Waals surface area (Å²) in [5.74, 6) is 0.522. The number of rotatable bonds is 6. The lowest BCUT2D eigenvalue weighted by atomic mass is 10.1. The van der Waals surface area contributed by atoms with Crippen molar-refractivity contribution in [2.24, 2.45) is 0 Å². The SMILES string of the molecule is COc1ccc(O[C@@H](C(=O)Nc2ccc(F)cc2)c2ccccc2)cc1. The van der Waals surface area contributed by atoms with Gasteiger partial charge in [0.2, 0.25) is 6.10 Å². The van der Waals surface area contributed by atoms with E-state index in [4.69, 9.17) is 9.47 Å². The molecular weight excluding hydrogens is 333 g/mol. The molecule has 0 fully saturated rings. The summed E-state index contributed by atoms with van der Waals surface area (Å²) in [6, 6.07) is 21.8. The lowest BCUT2D eigenvalue weighted by molar-refractivity contribution is -0.123. The summed E-state index contributed by atoms with van der Waals surface area (Å²) in [4.78, 5) is 12.8. The van der Waals surface area contributed by atoms with Crippen LogP contribution in [-0.4, -0.2) is 13.0 Å². The Morgan fingerprint density at radius 2 is 1.50 bits per heavy atom. The van der Waals surface area contributed by atoms with Crippen molar-refractivity contribution < 1.29 is 18.7 Å². The van der Waals surface area contributed by atoms with Crippen molar-refractivity contribution in [1.29, 1.82) is 0 Å². The molecule has 0 unspecified atom stereocenters. The Labute approximate surface area is 151 Å². The third-order valence-electron chi connectivity index (χ3n) is 3.77. The molecule has 26 heavy (non-hydrogen) atoms. The van der Waals surface area contributed by atoms with Gasteiger partial charge in [0.1, 0.15) is 17.3 Å². The van der Waals surface area contributed by atoms with Crippen LogP contribution in [0.25, 0.3) is 0 Å². The molecule has 0 bridgehead atoms. The summed E-state index contributed by atoms with van der Waals surface area (Å²) in [6.07, 6.45) is -0.852. The van der Waals surface area contributed by atoms with E-state index < -0.39 is 6.10 Å². The quantitative estimate of drug-likeness (QED) is 0.706. The van der Waals surface area contributed by atoms with Gasteiger partial charge in [0, 0.05) is 11.3 Å². The van der Waals surface area contributed by atoms with Gasteiger partial charge in [0.25, 0.3) is 5.91 Å². The van der Waals surface area contributed by atoms with Gasteiger partial charge in [0.15, 0.2) is 0 Å². The second-order valence-electron chi connectivity index (χ2n) is 5.58. The van der Waals surface area contributed by atoms with E-state index in [-0.39, 0.29) is 11.7 Å². The smallest absolute Gasteiger partial charge is 0.270 e. The summed E-state index contributed by atoms with van der Waals surface area (Å²) in [5, 5.41) is 2.76. The van der Waals surface area contributed by atoms with E-state index >= 15 is 0 Å². The normalized spacial score (nSPS) is 11.5. The van der Waals surface area contributed by atoms with Crippen molar-refractivity contribution in [3.8, 4) is 11.5 Å². The van der Waals surface area contributed by atoms with E-state index in [9.17, 15) is 9.18 Å². The van der Waals surface area contributed by atoms with Gasteiger partial charge in [0.05, 0.1) is 7.11 Å². The minimum absolute atomic E-state index is 0.348. The van der Waals surface area contributed by atoms with Crippen molar-refractivity contribution in [2.75, 3.05) is 12.4 Å². The molecule has 1 N–H and O–H groups in total. The Bertz CT molecular complexity index is 849. The van der Waals surface area contributed by atoms with Gasteiger partial charge in [-0.1, -0.05) is 30.3 Å². The number of amides is 1. The second kappa shape index (κ2) is 8.16. The van der Waals surface area contributed by atoms with Gasteiger partial charge in [-0.2, -0.15) is 0 Å². The first-order valence-corrected chi connectivity index (χ1v) is 8.08. The average molecular weight is 351 g/mol. The number of hydrogen-bond acceptors (Lipinski definition) is 3. The number of hydrogen-bond donors (Lipinski definition) is 1. The Balaban J connectivity index is 1.82. The van der Waals surface area contributed by atoms with E-state index in [0.29, 0.717) is 22.7 Å². The average Bonchev–Trinajstić information content (AvgIpc) is 2.69. The number of methoxy groups -OCH3 is 1. The first kappa shape index (κ1) is 17.5. The van der Waals surface area contributed by atoms with Crippen LogP contribution in [0.1, 0.15) is 11.7 Å². The summed E-state index contributed by atoms with van der Waals surface area (Å²) in [5.41, 5.74) is 1.21. The molecule has 4 nitrogen and oxygen atoms in total. The van der Waals surface area contributed by atoms with Gasteiger partial charge in [-0.15, -0.1) is 0 Å². The molecule has 0 radical (unpaired) electrons. The van der Waals surface area contributed by atoms with Crippen molar-refractivity contribution >= 4 is 11.6 Å². The molecule has 0 aliphatic rings. The van der Waals surface area contributed by atoms with Gasteiger partial charge in [-0.25, -0.2) is 4.39 Å². The summed E-state index contributed by atoms with van der Waals surface area (Å²) in [6.45, 7) is 0. The molecule has 0 aliphatic heterocycles. The highest BCUT2D eigenvalue weighted by atomic mass is 19.1. The van der Waals surface area contributed by atoms with Crippen LogP contribution in [0.5, 0.6) is 11.5 Å². The van der Waals surface area contributed by atoms with E-state index in [1.807, 2.05) is 30.3 Å². The summed E-state index contributed by atoms with van der Waals surface area (Å²) < 4.78 is 24.1. The van der Waals surface area contributed by atoms with Gasteiger partial charge >= 0.3 is 0 Å². The predicted octanol–water partition coefficient (Wildman–Crippen LogP) is 4.59. The van der Waals surface area contributed by atoms with E-state index in [1.165, 1.54) is 24.3 Å². The Kier molecular flexibility index (Phi) is 5.49. The third-order valence-corrected chi connectivity index (χ3v) is 3.77. The molecule has 3 aromatic carbocycles. The Hall–Kier alpha value is -3.34. The Morgan fingerprint density at radius 3 is 2.12 bits per heavy atom. The monoisotopic (exact) mass is 351 g/mol. The molecule has 0 aromatic heterocycles. The highest BCUT2D eigenvalue weighted by Gasteiger charge is 2.23. The molecule has 0 spiro atoms. The topological polar surface area (TPSA) is 47.6 Å². The highest BCUT2D eigenvalue weighted by Crippen LogP contribution is 2.25. The van der Waals surface area contributed by atoms with Crippen LogP contribution in [0.15, 0.2) is 78.9 Å². The number of benzene rings is 3. The van der Waals surface area contributed by atoms with Crippen LogP contribution in [0.3, 0.4) is 0 Å². The third kappa shape index (κ3) is 4.39. The first-order chi connectivity index (χ1) is 12.7. The van der Waals surface area contributed by atoms with Crippen LogP contribution in [0, 0.1) is 5.82 Å². The molecule has 0 aliphatic carbocycles. The van der Waals surface area contributed by atoms with Crippen LogP contribution < -0.4 is 14.8 Å². The molecule has 1 amide bonds. The minimum Gasteiger partial charge on any atom is -0.497 e. The van der Waals surface area contributed by atoms with E-state index in [1.54, 1.807) is 31.4 Å². The standard InChI is InChI=1S/C21H18FNO3/c1-25-18-11-13-19(14-12-18)26-20(15-5-3-2-4-6-15)21(24)23-17-9-7-16(22)8-10-17/h2-14,20H,1H3,(H,23,24)/t20-/m1/s1. The number of anilines is 1. The molecule has 0 saturated heterocycles. The number of nitrogens with one attached hydrogen (secondary N) is 1. The summed E-state index contributed by atoms with van der Waals surface area (Å²) in [7, 11) is 1.58. The van der Waals surface area contributed by atoms with Crippen molar-refractivity contribution in [3.63, 3.8) is 0 Å². The van der Waals surface area contributed by atoms with Crippen LogP contribution >= 0.6 is 0 Å². The van der Waals surface area contributed by atoms with E-state index in [2.05, 4.69) is 5.32 Å². The number of ether oxygens (including phenoxy) is 2. The predicted molar refractivity (Wildman–Crippen MR) is 97.8 cm³/mol. The molecular formula is C21H18FNO3. The lowest BCUT2D eigenvalue weighted by Crippen LogP contribution is -2.25. The van der Waals surface area contributed by atoms with Gasteiger partial charge < -0.3 is 14.8 Å². The molecule has 0 heterocycles. The van der Waals surface area contributed by atoms with Gasteiger partial charge in [-0.3, -0.25) is 4.79 Å². The molecule has 1 atom stereocenters. The van der Waals surface area contributed by atoms with Crippen LogP contribution in [0.4, 0.5) is 10.1 Å². The minimum atomic E-state index is -0.852. The fourth-order valence-corrected chi connectivity index (χ4v) is 2.43. The zero-order valence-electron chi connectivity index (χ0n) is 14.2. The maximum Gasteiger partial charge on any atom is 0.270 e. The van der Waals surface area contributed by atoms with Crippen molar-refractivity contribution in [3.05, 3.63) is 90.2 Å². The van der Waals surface area contributed by atoms with Crippen molar-refractivity contribution in [2.45, 2.75) is 6.10 Å². The molecule has 3 rings (SSSR count). The largest absolute Gasteiger partial charge is 0.497 e. The van der Waals surface area contributed by atoms with Crippen LogP contribution in [-0.2, 0) is 4.79 Å². The molecule has 5 heteroatoms. The molecule has 3 aromatic rings. The lowest BCUT2D eigenvalue weighted by Gasteiger charge is -2.19. The number of halogens is 1. The summed E-state index contributed by atoms with van der Waals surface area (Å²) >= 11 is 0. The maximum absolute atomic E-state index is 13.0. The van der Waals surface area contributed by atoms with Crippen LogP contribution in [0.2, 0.25) is 0 Å². The Morgan fingerprint density at radius 1 is 0.885 bits per heavy atom. The zero-order chi connectivity index (χ0) is 18.4. The van der Waals surface area contributed by atoms with E-state index in [0.717, 1.165) is 0 Å². The first-order valence-electron chi connectivity index (χ1n) is 8.08.